The van der Waals surface area contributed by atoms with Crippen molar-refractivity contribution >= 4 is 91.7 Å². The largest absolute Gasteiger partial charge is 0.310 e. The molecule has 0 spiro atoms. The molecule has 8 aromatic carbocycles. The van der Waals surface area contributed by atoms with E-state index < -0.39 is 0 Å². The van der Waals surface area contributed by atoms with Crippen LogP contribution in [0.5, 0.6) is 0 Å². The van der Waals surface area contributed by atoms with Gasteiger partial charge in [-0.25, -0.2) is 0 Å². The molecule has 1 nitrogen and oxygen atoms in total. The van der Waals surface area contributed by atoms with Gasteiger partial charge in [0.05, 0.1) is 5.69 Å². The molecule has 0 fully saturated rings. The average molecular weight is 552 g/mol. The third kappa shape index (κ3) is 3.49. The molecular weight excluding hydrogens is 527 g/mol. The molecule has 0 amide bonds. The fraction of sp³-hybridized carbons (Fsp3) is 0. The minimum absolute atomic E-state index is 1.14. The summed E-state index contributed by atoms with van der Waals surface area (Å²) in [4.78, 5) is 2.44. The maximum atomic E-state index is 2.44. The topological polar surface area (TPSA) is 3.24 Å². The molecule has 0 N–H and O–H groups in total. The molecule has 0 bridgehead atoms. The van der Waals surface area contributed by atoms with Crippen LogP contribution in [0.2, 0.25) is 0 Å². The van der Waals surface area contributed by atoms with Gasteiger partial charge >= 0.3 is 0 Å². The molecular formula is C40H25NS. The fourth-order valence-electron chi connectivity index (χ4n) is 6.67. The normalized spacial score (nSPS) is 11.8. The van der Waals surface area contributed by atoms with Crippen molar-refractivity contribution in [2.45, 2.75) is 0 Å². The van der Waals surface area contributed by atoms with Gasteiger partial charge < -0.3 is 4.90 Å². The molecule has 0 atom stereocenters. The molecule has 9 rings (SSSR count). The Labute approximate surface area is 247 Å². The molecule has 0 unspecified atom stereocenters. The Hall–Kier alpha value is -5.18. The van der Waals surface area contributed by atoms with Gasteiger partial charge in [-0.2, -0.15) is 0 Å². The van der Waals surface area contributed by atoms with Crippen molar-refractivity contribution in [2.75, 3.05) is 4.90 Å². The van der Waals surface area contributed by atoms with Gasteiger partial charge in [0.25, 0.3) is 0 Å². The summed E-state index contributed by atoms with van der Waals surface area (Å²) >= 11 is 1.89. The monoisotopic (exact) mass is 551 g/mol. The first kappa shape index (κ1) is 23.5. The lowest BCUT2D eigenvalue weighted by Gasteiger charge is -2.28. The molecule has 0 saturated heterocycles. The van der Waals surface area contributed by atoms with E-state index in [9.17, 15) is 0 Å². The minimum atomic E-state index is 1.14. The third-order valence-electron chi connectivity index (χ3n) is 8.59. The Kier molecular flexibility index (Phi) is 5.13. The number of hydrogen-bond donors (Lipinski definition) is 0. The van der Waals surface area contributed by atoms with Crippen LogP contribution >= 0.6 is 11.3 Å². The highest BCUT2D eigenvalue weighted by Gasteiger charge is 2.19. The molecule has 1 heterocycles. The number of benzene rings is 8. The summed E-state index contributed by atoms with van der Waals surface area (Å²) in [6.07, 6.45) is 0. The van der Waals surface area contributed by atoms with Crippen molar-refractivity contribution in [3.8, 4) is 0 Å². The van der Waals surface area contributed by atoms with E-state index in [4.69, 9.17) is 0 Å². The summed E-state index contributed by atoms with van der Waals surface area (Å²) in [5.41, 5.74) is 3.48. The Morgan fingerprint density at radius 1 is 0.381 bits per heavy atom. The van der Waals surface area contributed by atoms with Crippen LogP contribution in [0.1, 0.15) is 0 Å². The molecule has 0 radical (unpaired) electrons. The smallest absolute Gasteiger partial charge is 0.0546 e. The summed E-state index contributed by atoms with van der Waals surface area (Å²) in [5, 5.41) is 12.8. The number of nitrogens with zero attached hydrogens (tertiary/aromatic N) is 1. The molecule has 0 aliphatic heterocycles. The third-order valence-corrected chi connectivity index (χ3v) is 9.81. The number of fused-ring (bicyclic) bond motifs is 10. The van der Waals surface area contributed by atoms with Crippen molar-refractivity contribution in [1.29, 1.82) is 0 Å². The summed E-state index contributed by atoms with van der Waals surface area (Å²) in [5.74, 6) is 0. The lowest BCUT2D eigenvalue weighted by Crippen LogP contribution is -2.10. The van der Waals surface area contributed by atoms with E-state index in [1.54, 1.807) is 0 Å². The minimum Gasteiger partial charge on any atom is -0.310 e. The van der Waals surface area contributed by atoms with Crippen molar-refractivity contribution in [2.24, 2.45) is 0 Å². The van der Waals surface area contributed by atoms with Crippen LogP contribution in [0.15, 0.2) is 152 Å². The van der Waals surface area contributed by atoms with Gasteiger partial charge in [0.2, 0.25) is 0 Å². The summed E-state index contributed by atoms with van der Waals surface area (Å²) in [7, 11) is 0. The predicted octanol–water partition coefficient (Wildman–Crippen LogP) is 12.1. The van der Waals surface area contributed by atoms with Gasteiger partial charge in [0.1, 0.15) is 0 Å². The first-order valence-corrected chi connectivity index (χ1v) is 15.2. The molecule has 0 aliphatic rings. The molecule has 196 valence electrons. The van der Waals surface area contributed by atoms with E-state index in [1.807, 2.05) is 11.3 Å². The highest BCUT2D eigenvalue weighted by atomic mass is 32.1. The van der Waals surface area contributed by atoms with Crippen LogP contribution < -0.4 is 4.90 Å². The van der Waals surface area contributed by atoms with Gasteiger partial charge in [-0.1, -0.05) is 115 Å². The van der Waals surface area contributed by atoms with Crippen LogP contribution in [0.25, 0.3) is 63.3 Å². The second kappa shape index (κ2) is 9.17. The number of rotatable bonds is 3. The Morgan fingerprint density at radius 3 is 1.83 bits per heavy atom. The summed E-state index contributed by atoms with van der Waals surface area (Å²) < 4.78 is 2.68. The van der Waals surface area contributed by atoms with E-state index in [2.05, 4.69) is 157 Å². The Balaban J connectivity index is 1.39. The SMILES string of the molecule is c1ccc(N(c2ccc3ccc4c5ccccc5sc4c3c2)c2cc3ccccc3c3c2ccc2ccccc23)cc1. The summed E-state index contributed by atoms with van der Waals surface area (Å²) in [6, 6.07) is 55.5. The molecule has 1 aromatic heterocycles. The maximum Gasteiger partial charge on any atom is 0.0546 e. The predicted molar refractivity (Wildman–Crippen MR) is 184 cm³/mol. The average Bonchev–Trinajstić information content (AvgIpc) is 3.44. The zero-order valence-electron chi connectivity index (χ0n) is 22.8. The van der Waals surface area contributed by atoms with E-state index in [0.717, 1.165) is 11.4 Å². The van der Waals surface area contributed by atoms with Crippen LogP contribution in [0.4, 0.5) is 17.1 Å². The van der Waals surface area contributed by atoms with Gasteiger partial charge in [-0.15, -0.1) is 11.3 Å². The Bertz CT molecular complexity index is 2460. The first-order chi connectivity index (χ1) is 20.8. The molecule has 42 heavy (non-hydrogen) atoms. The quantitative estimate of drug-likeness (QED) is 0.197. The van der Waals surface area contributed by atoms with Crippen LogP contribution in [0, 0.1) is 0 Å². The first-order valence-electron chi connectivity index (χ1n) is 14.4. The van der Waals surface area contributed by atoms with E-state index >= 15 is 0 Å². The maximum absolute atomic E-state index is 2.44. The highest BCUT2D eigenvalue weighted by molar-refractivity contribution is 7.26. The van der Waals surface area contributed by atoms with Crippen LogP contribution in [-0.4, -0.2) is 0 Å². The lowest BCUT2D eigenvalue weighted by atomic mass is 9.94. The van der Waals surface area contributed by atoms with Gasteiger partial charge in [-0.3, -0.25) is 0 Å². The molecule has 2 heteroatoms. The van der Waals surface area contributed by atoms with Gasteiger partial charge in [0.15, 0.2) is 0 Å². The lowest BCUT2D eigenvalue weighted by molar-refractivity contribution is 1.31. The fourth-order valence-corrected chi connectivity index (χ4v) is 7.90. The van der Waals surface area contributed by atoms with E-state index in [0.29, 0.717) is 0 Å². The zero-order valence-corrected chi connectivity index (χ0v) is 23.6. The van der Waals surface area contributed by atoms with Crippen LogP contribution in [-0.2, 0) is 0 Å². The molecule has 0 saturated carbocycles. The van der Waals surface area contributed by atoms with Crippen molar-refractivity contribution in [1.82, 2.24) is 0 Å². The number of anilines is 3. The summed E-state index contributed by atoms with van der Waals surface area (Å²) in [6.45, 7) is 0. The Morgan fingerprint density at radius 2 is 1.00 bits per heavy atom. The van der Waals surface area contributed by atoms with Gasteiger partial charge in [-0.05, 0) is 68.7 Å². The van der Waals surface area contributed by atoms with E-state index in [-0.39, 0.29) is 0 Å². The standard InChI is InChI=1S/C40H25NS/c1-2-12-29(13-3-1)41(30-21-18-27-19-22-34-33-16-8-9-17-38(33)42-40(34)36(27)25-30)37-24-28-11-5-7-15-32(28)39-31-14-6-4-10-26(31)20-23-35(37)39/h1-25H. The molecule has 0 aliphatic carbocycles. The van der Waals surface area contributed by atoms with Crippen molar-refractivity contribution in [3.05, 3.63) is 152 Å². The van der Waals surface area contributed by atoms with Gasteiger partial charge in [0, 0.05) is 42.3 Å². The number of para-hydroxylation sites is 1. The molecule has 9 aromatic rings. The van der Waals surface area contributed by atoms with Crippen molar-refractivity contribution < 1.29 is 0 Å². The van der Waals surface area contributed by atoms with E-state index in [1.165, 1.54) is 68.9 Å². The highest BCUT2D eigenvalue weighted by Crippen LogP contribution is 2.46. The second-order valence-electron chi connectivity index (χ2n) is 10.9. The van der Waals surface area contributed by atoms with Crippen molar-refractivity contribution in [3.63, 3.8) is 0 Å². The van der Waals surface area contributed by atoms with Crippen LogP contribution in [0.3, 0.4) is 0 Å². The number of hydrogen-bond acceptors (Lipinski definition) is 2. The zero-order chi connectivity index (χ0) is 27.6. The number of thiophene rings is 1. The second-order valence-corrected chi connectivity index (χ2v) is 12.0.